The van der Waals surface area contributed by atoms with E-state index in [4.69, 9.17) is 10.2 Å². The van der Waals surface area contributed by atoms with Gasteiger partial charge in [-0.15, -0.1) is 0 Å². The van der Waals surface area contributed by atoms with Gasteiger partial charge in [0.1, 0.15) is 10.7 Å². The van der Waals surface area contributed by atoms with Crippen molar-refractivity contribution in [3.63, 3.8) is 0 Å². The first-order valence-electron chi connectivity index (χ1n) is 5.67. The van der Waals surface area contributed by atoms with Gasteiger partial charge in [-0.05, 0) is 40.2 Å². The van der Waals surface area contributed by atoms with Gasteiger partial charge in [-0.2, -0.15) is 0 Å². The fourth-order valence-corrected chi connectivity index (χ4v) is 4.80. The molecule has 0 radical (unpaired) electrons. The van der Waals surface area contributed by atoms with Crippen molar-refractivity contribution in [2.75, 3.05) is 12.3 Å². The van der Waals surface area contributed by atoms with Crippen molar-refractivity contribution in [3.05, 3.63) is 45.2 Å². The molecule has 108 valence electrons. The molecule has 0 atom stereocenters. The van der Waals surface area contributed by atoms with Crippen LogP contribution in [0.2, 0.25) is 0 Å². The molecule has 2 rings (SSSR count). The summed E-state index contributed by atoms with van der Waals surface area (Å²) < 4.78 is 33.3. The zero-order valence-electron chi connectivity index (χ0n) is 10.3. The predicted molar refractivity (Wildman–Crippen MR) is 83.9 cm³/mol. The SMILES string of the molecule is Nc1cc(Br)cc(Br)c1S(=O)(=O)NCCc1ccco1. The van der Waals surface area contributed by atoms with E-state index in [0.29, 0.717) is 15.4 Å². The zero-order valence-corrected chi connectivity index (χ0v) is 14.3. The van der Waals surface area contributed by atoms with Gasteiger partial charge in [0.2, 0.25) is 10.0 Å². The molecule has 20 heavy (non-hydrogen) atoms. The molecule has 0 spiro atoms. The van der Waals surface area contributed by atoms with Gasteiger partial charge < -0.3 is 10.2 Å². The molecule has 8 heteroatoms. The zero-order chi connectivity index (χ0) is 14.8. The average molecular weight is 424 g/mol. The maximum atomic E-state index is 12.2. The summed E-state index contributed by atoms with van der Waals surface area (Å²) in [6.45, 7) is 0.234. The molecule has 0 fully saturated rings. The second kappa shape index (κ2) is 6.30. The molecule has 0 aliphatic carbocycles. The van der Waals surface area contributed by atoms with Crippen molar-refractivity contribution in [1.29, 1.82) is 0 Å². The second-order valence-electron chi connectivity index (χ2n) is 4.03. The van der Waals surface area contributed by atoms with E-state index < -0.39 is 10.0 Å². The van der Waals surface area contributed by atoms with Crippen molar-refractivity contribution >= 4 is 47.6 Å². The highest BCUT2D eigenvalue weighted by Crippen LogP contribution is 2.31. The molecule has 0 saturated heterocycles. The van der Waals surface area contributed by atoms with Crippen LogP contribution in [-0.4, -0.2) is 15.0 Å². The lowest BCUT2D eigenvalue weighted by molar-refractivity contribution is 0.506. The minimum Gasteiger partial charge on any atom is -0.469 e. The van der Waals surface area contributed by atoms with Crippen LogP contribution in [0.3, 0.4) is 0 Å². The molecule has 0 unspecified atom stereocenters. The van der Waals surface area contributed by atoms with Gasteiger partial charge in [-0.1, -0.05) is 15.9 Å². The summed E-state index contributed by atoms with van der Waals surface area (Å²) in [6.07, 6.45) is 2.02. The summed E-state index contributed by atoms with van der Waals surface area (Å²) >= 11 is 6.47. The van der Waals surface area contributed by atoms with Gasteiger partial charge >= 0.3 is 0 Å². The molecule has 1 aromatic carbocycles. The van der Waals surface area contributed by atoms with Gasteiger partial charge in [0, 0.05) is 21.9 Å². The molecule has 0 aliphatic rings. The summed E-state index contributed by atoms with van der Waals surface area (Å²) in [5, 5.41) is 0. The molecule has 5 nitrogen and oxygen atoms in total. The summed E-state index contributed by atoms with van der Waals surface area (Å²) in [4.78, 5) is 0.0418. The lowest BCUT2D eigenvalue weighted by Crippen LogP contribution is -2.27. The number of nitrogens with two attached hydrogens (primary N) is 1. The first-order chi connectivity index (χ1) is 9.40. The number of furan rings is 1. The minimum atomic E-state index is -3.68. The highest BCUT2D eigenvalue weighted by Gasteiger charge is 2.21. The Kier molecular flexibility index (Phi) is 4.90. The van der Waals surface area contributed by atoms with Gasteiger partial charge in [0.05, 0.1) is 12.0 Å². The number of nitrogens with one attached hydrogen (secondary N) is 1. The topological polar surface area (TPSA) is 85.3 Å². The van der Waals surface area contributed by atoms with Gasteiger partial charge in [-0.3, -0.25) is 0 Å². The van der Waals surface area contributed by atoms with E-state index in [2.05, 4.69) is 36.6 Å². The Labute approximate surface area is 133 Å². The van der Waals surface area contributed by atoms with Crippen molar-refractivity contribution in [2.45, 2.75) is 11.3 Å². The molecule has 0 bridgehead atoms. The van der Waals surface area contributed by atoms with Crippen LogP contribution < -0.4 is 10.5 Å². The molecule has 2 aromatic rings. The Morgan fingerprint density at radius 2 is 2.05 bits per heavy atom. The summed E-state index contributed by atoms with van der Waals surface area (Å²) in [5.74, 6) is 0.718. The van der Waals surface area contributed by atoms with Crippen LogP contribution in [0.5, 0.6) is 0 Å². The highest BCUT2D eigenvalue weighted by molar-refractivity contribution is 9.11. The minimum absolute atomic E-state index is 0.0418. The number of rotatable bonds is 5. The largest absolute Gasteiger partial charge is 0.469 e. The van der Waals surface area contributed by atoms with E-state index in [0.717, 1.165) is 5.76 Å². The van der Waals surface area contributed by atoms with Crippen LogP contribution in [0.4, 0.5) is 5.69 Å². The number of nitrogen functional groups attached to an aromatic ring is 1. The lowest BCUT2D eigenvalue weighted by Gasteiger charge is -2.11. The first-order valence-corrected chi connectivity index (χ1v) is 8.73. The van der Waals surface area contributed by atoms with E-state index in [1.54, 1.807) is 30.5 Å². The van der Waals surface area contributed by atoms with E-state index in [1.807, 2.05) is 0 Å². The van der Waals surface area contributed by atoms with E-state index >= 15 is 0 Å². The van der Waals surface area contributed by atoms with E-state index in [9.17, 15) is 8.42 Å². The number of hydrogen-bond acceptors (Lipinski definition) is 4. The van der Waals surface area contributed by atoms with Gasteiger partial charge in [-0.25, -0.2) is 13.1 Å². The first kappa shape index (κ1) is 15.6. The van der Waals surface area contributed by atoms with Crippen LogP contribution in [-0.2, 0) is 16.4 Å². The highest BCUT2D eigenvalue weighted by atomic mass is 79.9. The molecule has 0 aliphatic heterocycles. The Morgan fingerprint density at radius 1 is 1.30 bits per heavy atom. The maximum Gasteiger partial charge on any atom is 0.243 e. The molecular weight excluding hydrogens is 412 g/mol. The van der Waals surface area contributed by atoms with Crippen LogP contribution in [0, 0.1) is 0 Å². The summed E-state index contributed by atoms with van der Waals surface area (Å²) in [6, 6.07) is 6.73. The van der Waals surface area contributed by atoms with Crippen molar-refractivity contribution < 1.29 is 12.8 Å². The molecule has 0 saturated carbocycles. The number of hydrogen-bond donors (Lipinski definition) is 2. The maximum absolute atomic E-state index is 12.2. The standard InChI is InChI=1S/C12H12Br2N2O3S/c13-8-6-10(14)12(11(15)7-8)20(17,18)16-4-3-9-2-1-5-19-9/h1-2,5-7,16H,3-4,15H2. The Bertz CT molecular complexity index is 676. The van der Waals surface area contributed by atoms with Crippen LogP contribution in [0.1, 0.15) is 5.76 Å². The number of sulfonamides is 1. The average Bonchev–Trinajstić information content (AvgIpc) is 2.79. The Hall–Kier alpha value is -0.830. The number of benzene rings is 1. The smallest absolute Gasteiger partial charge is 0.243 e. The predicted octanol–water partition coefficient (Wildman–Crippen LogP) is 2.91. The Balaban J connectivity index is 2.14. The van der Waals surface area contributed by atoms with Gasteiger partial charge in [0.25, 0.3) is 0 Å². The van der Waals surface area contributed by atoms with Gasteiger partial charge in [0.15, 0.2) is 0 Å². The summed E-state index contributed by atoms with van der Waals surface area (Å²) in [5.41, 5.74) is 5.95. The molecule has 1 heterocycles. The van der Waals surface area contributed by atoms with Crippen molar-refractivity contribution in [3.8, 4) is 0 Å². The van der Waals surface area contributed by atoms with Crippen molar-refractivity contribution in [2.24, 2.45) is 0 Å². The molecule has 1 aromatic heterocycles. The number of anilines is 1. The lowest BCUT2D eigenvalue weighted by atomic mass is 10.3. The normalized spacial score (nSPS) is 11.7. The van der Waals surface area contributed by atoms with Crippen LogP contribution >= 0.6 is 31.9 Å². The second-order valence-corrected chi connectivity index (χ2v) is 7.51. The third-order valence-electron chi connectivity index (χ3n) is 2.55. The molecule has 0 amide bonds. The van der Waals surface area contributed by atoms with Crippen LogP contribution in [0.25, 0.3) is 0 Å². The summed E-state index contributed by atoms with van der Waals surface area (Å²) in [7, 11) is -3.68. The van der Waals surface area contributed by atoms with E-state index in [-0.39, 0.29) is 17.1 Å². The fraction of sp³-hybridized carbons (Fsp3) is 0.167. The quantitative estimate of drug-likeness (QED) is 0.724. The molecule has 3 N–H and O–H groups in total. The number of halogens is 2. The fourth-order valence-electron chi connectivity index (χ4n) is 1.70. The third-order valence-corrected chi connectivity index (χ3v) is 5.47. The Morgan fingerprint density at radius 3 is 2.65 bits per heavy atom. The third kappa shape index (κ3) is 3.63. The monoisotopic (exact) mass is 422 g/mol. The molecular formula is C12H12Br2N2O3S. The van der Waals surface area contributed by atoms with Crippen molar-refractivity contribution in [1.82, 2.24) is 4.72 Å². The van der Waals surface area contributed by atoms with E-state index in [1.165, 1.54) is 0 Å². The van der Waals surface area contributed by atoms with Crippen LogP contribution in [0.15, 0.2) is 48.8 Å².